The van der Waals surface area contributed by atoms with Crippen molar-refractivity contribution in [3.8, 4) is 0 Å². The van der Waals surface area contributed by atoms with E-state index in [1.165, 1.54) is 44.1 Å². The Labute approximate surface area is 135 Å². The van der Waals surface area contributed by atoms with Gasteiger partial charge in [0.15, 0.2) is 5.78 Å². The monoisotopic (exact) mass is 298 g/mol. The van der Waals surface area contributed by atoms with Crippen LogP contribution in [0.15, 0.2) is 23.3 Å². The lowest BCUT2D eigenvalue weighted by Crippen LogP contribution is -2.50. The van der Waals surface area contributed by atoms with Crippen LogP contribution in [0.3, 0.4) is 0 Å². The van der Waals surface area contributed by atoms with Crippen molar-refractivity contribution in [3.63, 3.8) is 0 Å². The summed E-state index contributed by atoms with van der Waals surface area (Å²) in [6.45, 7) is 7.36. The Bertz CT molecular complexity index is 568. The molecule has 0 aromatic heterocycles. The largest absolute Gasteiger partial charge is 0.295 e. The van der Waals surface area contributed by atoms with Crippen LogP contribution in [0.1, 0.15) is 72.1 Å². The maximum Gasteiger partial charge on any atom is 0.155 e. The van der Waals surface area contributed by atoms with E-state index < -0.39 is 0 Å². The van der Waals surface area contributed by atoms with Gasteiger partial charge in [-0.2, -0.15) is 0 Å². The fraction of sp³-hybridized carbons (Fsp3) is 0.762. The van der Waals surface area contributed by atoms with E-state index in [1.807, 2.05) is 6.08 Å². The molecule has 22 heavy (non-hydrogen) atoms. The van der Waals surface area contributed by atoms with Gasteiger partial charge >= 0.3 is 0 Å². The van der Waals surface area contributed by atoms with Crippen LogP contribution in [0.25, 0.3) is 0 Å². The molecule has 120 valence electrons. The van der Waals surface area contributed by atoms with Crippen molar-refractivity contribution in [1.82, 2.24) is 0 Å². The molecule has 0 aromatic carbocycles. The first-order chi connectivity index (χ1) is 10.5. The lowest BCUT2D eigenvalue weighted by molar-refractivity contribution is -0.117. The number of hydrogen-bond donors (Lipinski definition) is 0. The van der Waals surface area contributed by atoms with Crippen LogP contribution in [-0.4, -0.2) is 5.78 Å². The summed E-state index contributed by atoms with van der Waals surface area (Å²) < 4.78 is 0. The molecule has 0 radical (unpaired) electrons. The predicted octanol–water partition coefficient (Wildman–Crippen LogP) is 5.46. The second kappa shape index (κ2) is 4.82. The minimum absolute atomic E-state index is 0.327. The minimum atomic E-state index is 0.327. The molecule has 0 bridgehead atoms. The van der Waals surface area contributed by atoms with Gasteiger partial charge in [0.25, 0.3) is 0 Å². The fourth-order valence-corrected chi connectivity index (χ4v) is 6.76. The number of carbonyl (C=O) groups is 1. The van der Waals surface area contributed by atoms with Gasteiger partial charge in [0.2, 0.25) is 0 Å². The zero-order chi connectivity index (χ0) is 15.5. The molecule has 2 fully saturated rings. The molecule has 5 atom stereocenters. The quantitative estimate of drug-likeness (QED) is 0.587. The van der Waals surface area contributed by atoms with E-state index in [4.69, 9.17) is 0 Å². The Kier molecular flexibility index (Phi) is 3.23. The second-order valence-corrected chi connectivity index (χ2v) is 8.74. The van der Waals surface area contributed by atoms with Gasteiger partial charge in [0, 0.05) is 6.42 Å². The average Bonchev–Trinajstić information content (AvgIpc) is 2.84. The first-order valence-corrected chi connectivity index (χ1v) is 9.42. The van der Waals surface area contributed by atoms with Gasteiger partial charge in [-0.3, -0.25) is 4.79 Å². The third kappa shape index (κ3) is 1.80. The maximum atomic E-state index is 11.9. The highest BCUT2D eigenvalue weighted by atomic mass is 16.1. The van der Waals surface area contributed by atoms with Crippen LogP contribution in [0.2, 0.25) is 0 Å². The summed E-state index contributed by atoms with van der Waals surface area (Å²) in [6.07, 6.45) is 14.3. The average molecular weight is 298 g/mol. The van der Waals surface area contributed by atoms with Crippen LogP contribution in [0.5, 0.6) is 0 Å². The Hall–Kier alpha value is -0.850. The normalized spacial score (nSPS) is 47.2. The Balaban J connectivity index is 1.67. The van der Waals surface area contributed by atoms with Crippen molar-refractivity contribution in [1.29, 1.82) is 0 Å². The third-order valence-corrected chi connectivity index (χ3v) is 8.08. The molecule has 0 aromatic rings. The van der Waals surface area contributed by atoms with Gasteiger partial charge in [-0.25, -0.2) is 0 Å². The summed E-state index contributed by atoms with van der Waals surface area (Å²) in [5.41, 5.74) is 4.04. The number of ketones is 1. The Morgan fingerprint density at radius 3 is 2.68 bits per heavy atom. The van der Waals surface area contributed by atoms with Gasteiger partial charge in [-0.15, -0.1) is 0 Å². The number of rotatable bonds is 1. The summed E-state index contributed by atoms with van der Waals surface area (Å²) >= 11 is 0. The van der Waals surface area contributed by atoms with Crippen molar-refractivity contribution in [2.45, 2.75) is 72.1 Å². The van der Waals surface area contributed by atoms with Crippen molar-refractivity contribution in [2.75, 3.05) is 0 Å². The topological polar surface area (TPSA) is 17.1 Å². The van der Waals surface area contributed by atoms with E-state index in [9.17, 15) is 4.79 Å². The zero-order valence-corrected chi connectivity index (χ0v) is 14.5. The molecule has 1 nitrogen and oxygen atoms in total. The fourth-order valence-electron chi connectivity index (χ4n) is 6.76. The van der Waals surface area contributed by atoms with Gasteiger partial charge in [-0.05, 0) is 79.6 Å². The highest BCUT2D eigenvalue weighted by molar-refractivity contribution is 5.91. The zero-order valence-electron chi connectivity index (χ0n) is 14.5. The first-order valence-electron chi connectivity index (χ1n) is 9.42. The summed E-state index contributed by atoms with van der Waals surface area (Å²) in [5, 5.41) is 0. The van der Waals surface area contributed by atoms with E-state index in [-0.39, 0.29) is 0 Å². The number of carbonyl (C=O) groups excluding carboxylic acids is 1. The highest BCUT2D eigenvalue weighted by Gasteiger charge is 2.56. The summed E-state index contributed by atoms with van der Waals surface area (Å²) in [4.78, 5) is 11.9. The molecule has 0 amide bonds. The van der Waals surface area contributed by atoms with Crippen molar-refractivity contribution < 1.29 is 4.79 Å². The third-order valence-electron chi connectivity index (χ3n) is 8.08. The van der Waals surface area contributed by atoms with Crippen molar-refractivity contribution in [3.05, 3.63) is 23.3 Å². The summed E-state index contributed by atoms with van der Waals surface area (Å²) in [7, 11) is 0. The van der Waals surface area contributed by atoms with Gasteiger partial charge < -0.3 is 0 Å². The van der Waals surface area contributed by atoms with Gasteiger partial charge in [-0.1, -0.05) is 38.0 Å². The van der Waals surface area contributed by atoms with Crippen molar-refractivity contribution in [2.24, 2.45) is 28.6 Å². The van der Waals surface area contributed by atoms with E-state index in [1.54, 1.807) is 5.57 Å². The molecule has 1 heteroatoms. The lowest BCUT2D eigenvalue weighted by atomic mass is 9.47. The molecule has 0 spiro atoms. The van der Waals surface area contributed by atoms with Crippen LogP contribution >= 0.6 is 0 Å². The molecular weight excluding hydrogens is 268 g/mol. The molecule has 0 saturated heterocycles. The molecule has 0 aliphatic heterocycles. The number of allylic oxidation sites excluding steroid dienone is 4. The summed E-state index contributed by atoms with van der Waals surface area (Å²) in [6, 6.07) is 0. The van der Waals surface area contributed by atoms with Crippen molar-refractivity contribution >= 4 is 5.78 Å². The maximum absolute atomic E-state index is 11.9. The Morgan fingerprint density at radius 1 is 1.09 bits per heavy atom. The summed E-state index contributed by atoms with van der Waals surface area (Å²) in [5.74, 6) is 2.96. The SMILES string of the molecule is CCC1=CCC2C3CCC4=CC(=O)CC[C@]4(C)C3CC[C@]12C. The molecular formula is C21H30O. The smallest absolute Gasteiger partial charge is 0.155 e. The van der Waals surface area contributed by atoms with Crippen LogP contribution < -0.4 is 0 Å². The molecule has 2 saturated carbocycles. The molecule has 3 unspecified atom stereocenters. The second-order valence-electron chi connectivity index (χ2n) is 8.74. The van der Waals surface area contributed by atoms with E-state index in [0.29, 0.717) is 16.6 Å². The van der Waals surface area contributed by atoms with Crippen LogP contribution in [0.4, 0.5) is 0 Å². The highest BCUT2D eigenvalue weighted by Crippen LogP contribution is 2.65. The standard InChI is InChI=1S/C21H30O/c1-4-14-6-8-18-17-7-5-15-13-16(22)9-11-21(15,3)19(17)10-12-20(14,18)2/h6,13,17-19H,4-5,7-12H2,1-3H3/t17?,18?,19?,20-,21+/m1/s1. The minimum Gasteiger partial charge on any atom is -0.295 e. The molecule has 0 N–H and O–H groups in total. The van der Waals surface area contributed by atoms with E-state index in [0.717, 1.165) is 30.6 Å². The molecule has 0 heterocycles. The Morgan fingerprint density at radius 2 is 1.91 bits per heavy atom. The lowest BCUT2D eigenvalue weighted by Gasteiger charge is -2.58. The van der Waals surface area contributed by atoms with Gasteiger partial charge in [0.05, 0.1) is 0 Å². The first kappa shape index (κ1) is 14.7. The number of fused-ring (bicyclic) bond motifs is 5. The van der Waals surface area contributed by atoms with E-state index >= 15 is 0 Å². The molecule has 4 rings (SSSR count). The van der Waals surface area contributed by atoms with Crippen LogP contribution in [0, 0.1) is 28.6 Å². The van der Waals surface area contributed by atoms with Crippen LogP contribution in [-0.2, 0) is 4.79 Å². The molecule has 4 aliphatic carbocycles. The van der Waals surface area contributed by atoms with E-state index in [2.05, 4.69) is 26.8 Å². The predicted molar refractivity (Wildman–Crippen MR) is 90.5 cm³/mol. The number of hydrogen-bond acceptors (Lipinski definition) is 1. The van der Waals surface area contributed by atoms with Gasteiger partial charge in [0.1, 0.15) is 0 Å². The molecule has 4 aliphatic rings.